The van der Waals surface area contributed by atoms with Gasteiger partial charge in [-0.2, -0.15) is 0 Å². The number of piperazine rings is 1. The van der Waals surface area contributed by atoms with Gasteiger partial charge in [-0.1, -0.05) is 0 Å². The standard InChI is InChI=1S/C9H14N8/c1-15-4-6-16(7-5-15)11-8-2-3-9-10-13-14-17(9)12-8/h2-3H,4-7H2,1H3,(H,11,12). The summed E-state index contributed by atoms with van der Waals surface area (Å²) in [6, 6.07) is 3.72. The van der Waals surface area contributed by atoms with Crippen LogP contribution in [0.5, 0.6) is 0 Å². The summed E-state index contributed by atoms with van der Waals surface area (Å²) in [6.07, 6.45) is 0. The molecule has 3 rings (SSSR count). The van der Waals surface area contributed by atoms with E-state index in [0.717, 1.165) is 32.0 Å². The fourth-order valence-electron chi connectivity index (χ4n) is 1.79. The van der Waals surface area contributed by atoms with Gasteiger partial charge in [-0.3, -0.25) is 0 Å². The van der Waals surface area contributed by atoms with E-state index in [4.69, 9.17) is 0 Å². The highest BCUT2D eigenvalue weighted by atomic mass is 15.6. The molecule has 0 radical (unpaired) electrons. The van der Waals surface area contributed by atoms with E-state index in [1.165, 1.54) is 4.63 Å². The van der Waals surface area contributed by atoms with Crippen molar-refractivity contribution >= 4 is 11.5 Å². The van der Waals surface area contributed by atoms with Crippen molar-refractivity contribution in [1.82, 2.24) is 35.2 Å². The van der Waals surface area contributed by atoms with Gasteiger partial charge in [-0.15, -0.1) is 14.8 Å². The minimum absolute atomic E-state index is 0.647. The number of fused-ring (bicyclic) bond motifs is 1. The highest BCUT2D eigenvalue weighted by Gasteiger charge is 2.14. The van der Waals surface area contributed by atoms with Crippen molar-refractivity contribution in [3.8, 4) is 0 Å². The zero-order valence-electron chi connectivity index (χ0n) is 9.61. The Morgan fingerprint density at radius 1 is 1.18 bits per heavy atom. The average Bonchev–Trinajstić information content (AvgIpc) is 2.79. The van der Waals surface area contributed by atoms with Crippen LogP contribution in [-0.2, 0) is 0 Å². The molecule has 1 saturated heterocycles. The monoisotopic (exact) mass is 234 g/mol. The molecular formula is C9H14N8. The van der Waals surface area contributed by atoms with Gasteiger partial charge in [-0.05, 0) is 29.6 Å². The number of likely N-dealkylation sites (N-methyl/N-ethyl adjacent to an activating group) is 1. The third-order valence-corrected chi connectivity index (χ3v) is 2.85. The lowest BCUT2D eigenvalue weighted by molar-refractivity contribution is 0.178. The topological polar surface area (TPSA) is 74.5 Å². The predicted molar refractivity (Wildman–Crippen MR) is 61.3 cm³/mol. The normalized spacial score (nSPS) is 18.6. The second kappa shape index (κ2) is 4.22. The van der Waals surface area contributed by atoms with Crippen molar-refractivity contribution in [1.29, 1.82) is 0 Å². The molecule has 0 atom stereocenters. The van der Waals surface area contributed by atoms with E-state index < -0.39 is 0 Å². The van der Waals surface area contributed by atoms with Crippen LogP contribution in [0, 0.1) is 0 Å². The number of tetrazole rings is 1. The van der Waals surface area contributed by atoms with Crippen LogP contribution < -0.4 is 5.43 Å². The molecule has 0 spiro atoms. The number of nitrogens with zero attached hydrogens (tertiary/aromatic N) is 7. The summed E-state index contributed by atoms with van der Waals surface area (Å²) in [7, 11) is 2.13. The molecule has 8 heteroatoms. The maximum atomic E-state index is 4.26. The van der Waals surface area contributed by atoms with Crippen molar-refractivity contribution in [2.24, 2.45) is 0 Å². The first-order valence-corrected chi connectivity index (χ1v) is 5.57. The Morgan fingerprint density at radius 2 is 2.00 bits per heavy atom. The SMILES string of the molecule is CN1CCN(Nc2ccc3nnnn3n2)CC1. The Hall–Kier alpha value is -1.80. The maximum absolute atomic E-state index is 4.26. The summed E-state index contributed by atoms with van der Waals surface area (Å²) in [4.78, 5) is 2.30. The number of anilines is 1. The van der Waals surface area contributed by atoms with Crippen LogP contribution in [0.1, 0.15) is 0 Å². The second-order valence-electron chi connectivity index (χ2n) is 4.15. The molecule has 0 aliphatic carbocycles. The summed E-state index contributed by atoms with van der Waals surface area (Å²) in [6.45, 7) is 4.07. The first-order chi connectivity index (χ1) is 8.31. The molecule has 3 heterocycles. The lowest BCUT2D eigenvalue weighted by atomic mass is 10.4. The molecule has 8 nitrogen and oxygen atoms in total. The van der Waals surface area contributed by atoms with E-state index in [9.17, 15) is 0 Å². The largest absolute Gasteiger partial charge is 0.304 e. The quantitative estimate of drug-likeness (QED) is 0.721. The van der Waals surface area contributed by atoms with Gasteiger partial charge in [0, 0.05) is 26.2 Å². The predicted octanol–water partition coefficient (Wildman–Crippen LogP) is -0.906. The molecule has 1 N–H and O–H groups in total. The Morgan fingerprint density at radius 3 is 2.82 bits per heavy atom. The minimum atomic E-state index is 0.647. The van der Waals surface area contributed by atoms with Crippen LogP contribution >= 0.6 is 0 Å². The molecule has 0 unspecified atom stereocenters. The van der Waals surface area contributed by atoms with E-state index in [-0.39, 0.29) is 0 Å². The van der Waals surface area contributed by atoms with Crippen LogP contribution in [0.2, 0.25) is 0 Å². The molecular weight excluding hydrogens is 220 g/mol. The highest BCUT2D eigenvalue weighted by molar-refractivity contribution is 5.41. The van der Waals surface area contributed by atoms with E-state index in [0.29, 0.717) is 5.65 Å². The summed E-state index contributed by atoms with van der Waals surface area (Å²) < 4.78 is 1.42. The van der Waals surface area contributed by atoms with E-state index in [2.05, 4.69) is 43.0 Å². The number of aromatic nitrogens is 5. The molecule has 0 bridgehead atoms. The Balaban J connectivity index is 1.71. The first kappa shape index (κ1) is 10.4. The molecule has 17 heavy (non-hydrogen) atoms. The van der Waals surface area contributed by atoms with E-state index in [1.54, 1.807) is 0 Å². The molecule has 0 amide bonds. The molecule has 2 aromatic heterocycles. The van der Waals surface area contributed by atoms with Gasteiger partial charge in [0.05, 0.1) is 0 Å². The summed E-state index contributed by atoms with van der Waals surface area (Å²) in [5.74, 6) is 0.759. The first-order valence-electron chi connectivity index (χ1n) is 5.57. The molecule has 0 aromatic carbocycles. The third-order valence-electron chi connectivity index (χ3n) is 2.85. The van der Waals surface area contributed by atoms with Crippen LogP contribution in [-0.4, -0.2) is 68.4 Å². The Kier molecular flexibility index (Phi) is 2.57. The fourth-order valence-corrected chi connectivity index (χ4v) is 1.79. The smallest absolute Gasteiger partial charge is 0.200 e. The molecule has 0 saturated carbocycles. The van der Waals surface area contributed by atoms with Gasteiger partial charge >= 0.3 is 0 Å². The van der Waals surface area contributed by atoms with Crippen LogP contribution in [0.15, 0.2) is 12.1 Å². The summed E-state index contributed by atoms with van der Waals surface area (Å²) in [5.41, 5.74) is 3.91. The van der Waals surface area contributed by atoms with Gasteiger partial charge in [0.2, 0.25) is 0 Å². The summed E-state index contributed by atoms with van der Waals surface area (Å²) >= 11 is 0. The maximum Gasteiger partial charge on any atom is 0.200 e. The van der Waals surface area contributed by atoms with Gasteiger partial charge in [0.1, 0.15) is 0 Å². The number of rotatable bonds is 2. The minimum Gasteiger partial charge on any atom is -0.304 e. The van der Waals surface area contributed by atoms with Crippen molar-refractivity contribution in [3.05, 3.63) is 12.1 Å². The third kappa shape index (κ3) is 2.17. The lowest BCUT2D eigenvalue weighted by Crippen LogP contribution is -2.47. The van der Waals surface area contributed by atoms with Gasteiger partial charge < -0.3 is 10.3 Å². The van der Waals surface area contributed by atoms with Gasteiger partial charge in [0.25, 0.3) is 0 Å². The molecule has 1 fully saturated rings. The summed E-state index contributed by atoms with van der Waals surface area (Å²) in [5, 5.41) is 17.5. The average molecular weight is 234 g/mol. The molecule has 1 aliphatic rings. The van der Waals surface area contributed by atoms with Crippen LogP contribution in [0.3, 0.4) is 0 Å². The Bertz CT molecular complexity index is 500. The van der Waals surface area contributed by atoms with Crippen LogP contribution in [0.4, 0.5) is 5.82 Å². The molecule has 90 valence electrons. The van der Waals surface area contributed by atoms with Gasteiger partial charge in [-0.25, -0.2) is 5.01 Å². The Labute approximate surface area is 98.2 Å². The lowest BCUT2D eigenvalue weighted by Gasteiger charge is -2.32. The van der Waals surface area contributed by atoms with E-state index in [1.807, 2.05) is 12.1 Å². The second-order valence-corrected chi connectivity index (χ2v) is 4.15. The van der Waals surface area contributed by atoms with E-state index >= 15 is 0 Å². The van der Waals surface area contributed by atoms with Crippen LogP contribution in [0.25, 0.3) is 5.65 Å². The number of hydrazine groups is 1. The molecule has 1 aliphatic heterocycles. The van der Waals surface area contributed by atoms with Crippen molar-refractivity contribution in [3.63, 3.8) is 0 Å². The number of nitrogens with one attached hydrogen (secondary N) is 1. The highest BCUT2D eigenvalue weighted by Crippen LogP contribution is 2.06. The van der Waals surface area contributed by atoms with Crippen molar-refractivity contribution in [2.75, 3.05) is 38.7 Å². The molecule has 2 aromatic rings. The number of hydrogen-bond acceptors (Lipinski definition) is 7. The number of hydrogen-bond donors (Lipinski definition) is 1. The fraction of sp³-hybridized carbons (Fsp3) is 0.556. The van der Waals surface area contributed by atoms with Gasteiger partial charge in [0.15, 0.2) is 11.5 Å². The van der Waals surface area contributed by atoms with Crippen molar-refractivity contribution < 1.29 is 0 Å². The zero-order chi connectivity index (χ0) is 11.7. The van der Waals surface area contributed by atoms with Crippen molar-refractivity contribution in [2.45, 2.75) is 0 Å². The zero-order valence-corrected chi connectivity index (χ0v) is 9.61.